The molecule has 3 rings (SSSR count). The van der Waals surface area contributed by atoms with Crippen LogP contribution in [-0.2, 0) is 0 Å². The highest BCUT2D eigenvalue weighted by Crippen LogP contribution is 2.36. The minimum Gasteiger partial charge on any atom is -0.488 e. The topological polar surface area (TPSA) is 99.6 Å². The maximum atomic E-state index is 14.1. The molecule has 0 fully saturated rings. The van der Waals surface area contributed by atoms with Crippen molar-refractivity contribution in [1.82, 2.24) is 20.2 Å². The second-order valence-electron chi connectivity index (χ2n) is 9.20. The predicted molar refractivity (Wildman–Crippen MR) is 143 cm³/mol. The lowest BCUT2D eigenvalue weighted by Crippen LogP contribution is -2.26. The second-order valence-corrected chi connectivity index (χ2v) is 10.2. The fraction of sp³-hybridized carbons (Fsp3) is 0.500. The van der Waals surface area contributed by atoms with Crippen LogP contribution in [0.15, 0.2) is 24.5 Å². The summed E-state index contributed by atoms with van der Waals surface area (Å²) in [7, 11) is 4.00. The van der Waals surface area contributed by atoms with E-state index < -0.39 is 5.82 Å². The van der Waals surface area contributed by atoms with Gasteiger partial charge in [-0.05, 0) is 77.9 Å². The number of amides is 1. The third kappa shape index (κ3) is 7.35. The number of thiophene rings is 1. The Morgan fingerprint density at radius 2 is 2.06 bits per heavy atom. The van der Waals surface area contributed by atoms with Crippen molar-refractivity contribution in [2.45, 2.75) is 58.7 Å². The summed E-state index contributed by atoms with van der Waals surface area (Å²) < 4.78 is 20.1. The van der Waals surface area contributed by atoms with Crippen LogP contribution in [0.4, 0.5) is 15.9 Å². The molecule has 36 heavy (non-hydrogen) atoms. The van der Waals surface area contributed by atoms with E-state index in [0.717, 1.165) is 23.9 Å². The van der Waals surface area contributed by atoms with Gasteiger partial charge < -0.3 is 25.4 Å². The maximum absolute atomic E-state index is 14.1. The number of hydrogen-bond acceptors (Lipinski definition) is 8. The predicted octanol–water partition coefficient (Wildman–Crippen LogP) is 4.88. The van der Waals surface area contributed by atoms with E-state index in [-0.39, 0.29) is 18.1 Å². The fourth-order valence-electron chi connectivity index (χ4n) is 3.79. The number of fused-ring (bicyclic) bond motifs is 1. The number of aromatic nitrogens is 2. The molecular formula is C26H36FN5O3S. The van der Waals surface area contributed by atoms with Crippen LogP contribution in [0.5, 0.6) is 5.75 Å². The van der Waals surface area contributed by atoms with E-state index in [1.807, 2.05) is 34.9 Å². The highest BCUT2D eigenvalue weighted by molar-refractivity contribution is 7.20. The molecule has 0 saturated heterocycles. The summed E-state index contributed by atoms with van der Waals surface area (Å²) >= 11 is 1.32. The quantitative estimate of drug-likeness (QED) is 0.278. The molecule has 2 unspecified atom stereocenters. The molecule has 2 heterocycles. The molecule has 3 N–H and O–H groups in total. The Labute approximate surface area is 215 Å². The third-order valence-corrected chi connectivity index (χ3v) is 7.10. The normalized spacial score (nSPS) is 13.1. The van der Waals surface area contributed by atoms with Gasteiger partial charge in [0.1, 0.15) is 28.5 Å². The van der Waals surface area contributed by atoms with Gasteiger partial charge in [0.05, 0.1) is 28.2 Å². The van der Waals surface area contributed by atoms with Crippen molar-refractivity contribution < 1.29 is 19.0 Å². The van der Waals surface area contributed by atoms with Gasteiger partial charge in [-0.3, -0.25) is 4.79 Å². The molecule has 2 atom stereocenters. The third-order valence-electron chi connectivity index (χ3n) is 5.90. The van der Waals surface area contributed by atoms with Crippen LogP contribution < -0.4 is 15.4 Å². The highest BCUT2D eigenvalue weighted by atomic mass is 32.1. The molecule has 3 aromatic rings. The number of carbonyl (C=O) groups is 1. The first kappa shape index (κ1) is 27.8. The molecule has 0 bridgehead atoms. The molecule has 10 heteroatoms. The Kier molecular flexibility index (Phi) is 9.98. The average Bonchev–Trinajstić information content (AvgIpc) is 3.19. The first-order chi connectivity index (χ1) is 17.2. The van der Waals surface area contributed by atoms with Crippen molar-refractivity contribution in [1.29, 1.82) is 0 Å². The molecule has 8 nitrogen and oxygen atoms in total. The van der Waals surface area contributed by atoms with Crippen LogP contribution in [0.2, 0.25) is 0 Å². The van der Waals surface area contributed by atoms with Gasteiger partial charge in [0.15, 0.2) is 0 Å². The summed E-state index contributed by atoms with van der Waals surface area (Å²) in [5, 5.41) is 16.8. The van der Waals surface area contributed by atoms with Crippen LogP contribution in [0, 0.1) is 12.7 Å². The molecule has 0 saturated carbocycles. The fourth-order valence-corrected chi connectivity index (χ4v) is 4.86. The minimum atomic E-state index is -0.413. The molecule has 196 valence electrons. The average molecular weight is 518 g/mol. The number of ether oxygens (including phenoxy) is 1. The number of aryl methyl sites for hydroxylation is 1. The van der Waals surface area contributed by atoms with Gasteiger partial charge in [-0.1, -0.05) is 6.92 Å². The SMILES string of the molecule is CCC(O)CCC(C)Oc1cc(F)ccc1Nc1ncnc2sc(C(=O)NCCCN(C)C)c(C)c12. The van der Waals surface area contributed by atoms with Gasteiger partial charge in [-0.15, -0.1) is 11.3 Å². The number of anilines is 2. The van der Waals surface area contributed by atoms with E-state index in [2.05, 4.69) is 25.5 Å². The van der Waals surface area contributed by atoms with E-state index in [0.29, 0.717) is 52.8 Å². The standard InChI is InChI=1S/C26H36FN5O3S/c1-6-19(33)10-8-16(2)35-21-14-18(27)9-11-20(21)31-24-22-17(3)23(36-26(22)30-15-29-24)25(34)28-12-7-13-32(4)5/h9,11,14-16,19,33H,6-8,10,12-13H2,1-5H3,(H,28,34)(H,29,30,31). The molecule has 0 aliphatic heterocycles. The van der Waals surface area contributed by atoms with E-state index in [1.54, 1.807) is 6.07 Å². The number of aliphatic hydroxyl groups excluding tert-OH is 1. The first-order valence-electron chi connectivity index (χ1n) is 12.3. The molecule has 0 aliphatic carbocycles. The van der Waals surface area contributed by atoms with Crippen molar-refractivity contribution in [3.8, 4) is 5.75 Å². The molecule has 0 spiro atoms. The zero-order valence-electron chi connectivity index (χ0n) is 21.6. The molecular weight excluding hydrogens is 481 g/mol. The van der Waals surface area contributed by atoms with Crippen molar-refractivity contribution in [3.05, 3.63) is 40.8 Å². The summed E-state index contributed by atoms with van der Waals surface area (Å²) in [5.74, 6) is 0.330. The molecule has 1 aromatic carbocycles. The highest BCUT2D eigenvalue weighted by Gasteiger charge is 2.20. The van der Waals surface area contributed by atoms with Crippen molar-refractivity contribution in [2.24, 2.45) is 0 Å². The molecule has 2 aromatic heterocycles. The number of nitrogens with one attached hydrogen (secondary N) is 2. The van der Waals surface area contributed by atoms with Crippen LogP contribution >= 0.6 is 11.3 Å². The Morgan fingerprint density at radius 3 is 2.78 bits per heavy atom. The largest absolute Gasteiger partial charge is 0.488 e. The first-order valence-corrected chi connectivity index (χ1v) is 13.1. The van der Waals surface area contributed by atoms with Crippen LogP contribution in [-0.4, -0.2) is 65.3 Å². The van der Waals surface area contributed by atoms with Gasteiger partial charge in [0.25, 0.3) is 5.91 Å². The zero-order chi connectivity index (χ0) is 26.2. The van der Waals surface area contributed by atoms with E-state index in [9.17, 15) is 14.3 Å². The van der Waals surface area contributed by atoms with E-state index in [4.69, 9.17) is 4.74 Å². The van der Waals surface area contributed by atoms with Gasteiger partial charge >= 0.3 is 0 Å². The summed E-state index contributed by atoms with van der Waals surface area (Å²) in [6.07, 6.45) is 3.63. The van der Waals surface area contributed by atoms with Crippen molar-refractivity contribution in [3.63, 3.8) is 0 Å². The van der Waals surface area contributed by atoms with Gasteiger partial charge in [0.2, 0.25) is 0 Å². The Hall–Kier alpha value is -2.82. The lowest BCUT2D eigenvalue weighted by Gasteiger charge is -2.19. The van der Waals surface area contributed by atoms with Gasteiger partial charge in [-0.25, -0.2) is 14.4 Å². The number of rotatable bonds is 13. The summed E-state index contributed by atoms with van der Waals surface area (Å²) in [6, 6.07) is 4.29. The van der Waals surface area contributed by atoms with E-state index in [1.165, 1.54) is 29.8 Å². The second kappa shape index (κ2) is 12.9. The van der Waals surface area contributed by atoms with Crippen molar-refractivity contribution in [2.75, 3.05) is 32.5 Å². The van der Waals surface area contributed by atoms with Gasteiger partial charge in [-0.2, -0.15) is 0 Å². The lowest BCUT2D eigenvalue weighted by atomic mass is 10.1. The Bertz CT molecular complexity index is 1170. The molecule has 0 radical (unpaired) electrons. The summed E-state index contributed by atoms with van der Waals surface area (Å²) in [5.41, 5.74) is 1.34. The molecule has 0 aliphatic rings. The van der Waals surface area contributed by atoms with Crippen LogP contribution in [0.3, 0.4) is 0 Å². The monoisotopic (exact) mass is 517 g/mol. The van der Waals surface area contributed by atoms with E-state index >= 15 is 0 Å². The number of hydrogen-bond donors (Lipinski definition) is 3. The number of carbonyl (C=O) groups excluding carboxylic acids is 1. The Morgan fingerprint density at radius 1 is 1.28 bits per heavy atom. The summed E-state index contributed by atoms with van der Waals surface area (Å²) in [4.78, 5) is 25.0. The molecule has 1 amide bonds. The number of halogens is 1. The minimum absolute atomic E-state index is 0.130. The van der Waals surface area contributed by atoms with Gasteiger partial charge in [0, 0.05) is 12.6 Å². The smallest absolute Gasteiger partial charge is 0.261 e. The van der Waals surface area contributed by atoms with Crippen molar-refractivity contribution >= 4 is 39.0 Å². The number of benzene rings is 1. The Balaban J connectivity index is 1.81. The lowest BCUT2D eigenvalue weighted by molar-refractivity contribution is 0.0956. The number of nitrogens with zero attached hydrogens (tertiary/aromatic N) is 3. The summed E-state index contributed by atoms with van der Waals surface area (Å²) in [6.45, 7) is 7.19. The van der Waals surface area contributed by atoms with Crippen LogP contribution in [0.1, 0.15) is 54.8 Å². The maximum Gasteiger partial charge on any atom is 0.261 e. The van der Waals surface area contributed by atoms with Crippen LogP contribution in [0.25, 0.3) is 10.2 Å². The zero-order valence-corrected chi connectivity index (χ0v) is 22.4. The number of aliphatic hydroxyl groups is 1.